The minimum absolute atomic E-state index is 0.130. The molecule has 3 N–H and O–H groups in total. The molecule has 0 aliphatic carbocycles. The molecule has 0 unspecified atom stereocenters. The van der Waals surface area contributed by atoms with E-state index in [-0.39, 0.29) is 17.2 Å². The van der Waals surface area contributed by atoms with Gasteiger partial charge in [-0.25, -0.2) is 0 Å². The van der Waals surface area contributed by atoms with Crippen LogP contribution in [0.5, 0.6) is 23.0 Å². The third-order valence-electron chi connectivity index (χ3n) is 3.40. The van der Waals surface area contributed by atoms with Crippen LogP contribution in [0, 0.1) is 0 Å². The third-order valence-corrected chi connectivity index (χ3v) is 4.76. The lowest BCUT2D eigenvalue weighted by atomic mass is 10.2. The first-order chi connectivity index (χ1) is 12.1. The van der Waals surface area contributed by atoms with Crippen LogP contribution in [0.15, 0.2) is 79.4 Å². The summed E-state index contributed by atoms with van der Waals surface area (Å²) in [5.41, 5.74) is 0.775. The van der Waals surface area contributed by atoms with E-state index in [1.165, 1.54) is 0 Å². The van der Waals surface area contributed by atoms with Crippen molar-refractivity contribution in [3.63, 3.8) is 0 Å². The quantitative estimate of drug-likeness (QED) is 0.632. The second-order valence-electron chi connectivity index (χ2n) is 5.15. The topological polar surface area (TPSA) is 69.9 Å². The Kier molecular flexibility index (Phi) is 6.68. The van der Waals surface area contributed by atoms with E-state index < -0.39 is 9.76 Å². The summed E-state index contributed by atoms with van der Waals surface area (Å²) < 4.78 is 5.53. The van der Waals surface area contributed by atoms with E-state index in [4.69, 9.17) is 9.53 Å². The van der Waals surface area contributed by atoms with Gasteiger partial charge in [-0.05, 0) is 24.3 Å². The van der Waals surface area contributed by atoms with E-state index in [0.717, 1.165) is 10.8 Å². The molecule has 0 saturated heterocycles. The molecule has 0 aliphatic heterocycles. The highest BCUT2D eigenvalue weighted by Crippen LogP contribution is 2.23. The molecule has 0 heterocycles. The maximum atomic E-state index is 9.55. The molecule has 5 heteroatoms. The molecule has 128 valence electrons. The van der Waals surface area contributed by atoms with Crippen molar-refractivity contribution < 1.29 is 19.7 Å². The van der Waals surface area contributed by atoms with Crippen molar-refractivity contribution in [1.82, 2.24) is 0 Å². The summed E-state index contributed by atoms with van der Waals surface area (Å²) in [4.78, 5) is 0. The molecule has 0 aliphatic rings. The lowest BCUT2D eigenvalue weighted by Gasteiger charge is -2.08. The Labute approximate surface area is 149 Å². The third kappa shape index (κ3) is 5.44. The number of para-hydroxylation sites is 4. The van der Waals surface area contributed by atoms with Gasteiger partial charge in [0.05, 0.1) is 0 Å². The van der Waals surface area contributed by atoms with Crippen LogP contribution in [-0.2, 0) is 0 Å². The minimum Gasteiger partial charge on any atom is -0.542 e. The molecule has 25 heavy (non-hydrogen) atoms. The zero-order chi connectivity index (χ0) is 18.1. The van der Waals surface area contributed by atoms with Crippen molar-refractivity contribution in [2.75, 3.05) is 0 Å². The van der Waals surface area contributed by atoms with E-state index in [9.17, 15) is 10.2 Å². The molecule has 0 spiro atoms. The predicted molar refractivity (Wildman–Crippen MR) is 103 cm³/mol. The van der Waals surface area contributed by atoms with Gasteiger partial charge in [0.2, 0.25) is 0 Å². The Morgan fingerprint density at radius 3 is 1.84 bits per heavy atom. The molecule has 0 amide bonds. The molecule has 0 fully saturated rings. The smallest absolute Gasteiger partial charge is 0.255 e. The monoisotopic (exact) mass is 352 g/mol. The molecular weight excluding hydrogens is 332 g/mol. The van der Waals surface area contributed by atoms with Crippen molar-refractivity contribution in [3.8, 4) is 23.0 Å². The number of hydrogen-bond donors (Lipinski definition) is 3. The molecule has 0 aromatic heterocycles. The molecule has 0 atom stereocenters. The first kappa shape index (κ1) is 18.2. The van der Waals surface area contributed by atoms with Crippen LogP contribution in [0.25, 0.3) is 6.08 Å². The standard InChI is InChI=1S/C12H12O3Si.C8H8O/c13-9-5-1-3-7-11(9)15-16-12-8-4-2-6-10(12)14;1-2-7-5-3-4-6-8(7)9/h1-8,13-14H,16H2;2-6,9H,1H2. The van der Waals surface area contributed by atoms with Crippen LogP contribution in [0.4, 0.5) is 0 Å². The van der Waals surface area contributed by atoms with Crippen LogP contribution in [0.1, 0.15) is 5.56 Å². The number of benzene rings is 3. The average molecular weight is 352 g/mol. The van der Waals surface area contributed by atoms with E-state index >= 15 is 0 Å². The van der Waals surface area contributed by atoms with Gasteiger partial charge >= 0.3 is 0 Å². The highest BCUT2D eigenvalue weighted by atomic mass is 28.2. The van der Waals surface area contributed by atoms with Gasteiger partial charge < -0.3 is 19.7 Å². The van der Waals surface area contributed by atoms with Gasteiger partial charge in [-0.1, -0.05) is 61.2 Å². The number of aromatic hydroxyl groups is 3. The second-order valence-corrected chi connectivity index (χ2v) is 6.49. The average Bonchev–Trinajstić information content (AvgIpc) is 2.63. The zero-order valence-corrected chi connectivity index (χ0v) is 15.1. The fraction of sp³-hybridized carbons (Fsp3) is 0. The summed E-state index contributed by atoms with van der Waals surface area (Å²) >= 11 is 0. The normalized spacial score (nSPS) is 10.1. The Balaban J connectivity index is 0.000000212. The van der Waals surface area contributed by atoms with Crippen LogP contribution in [0.2, 0.25) is 0 Å². The summed E-state index contributed by atoms with van der Waals surface area (Å²) in [5.74, 6) is 1.14. The van der Waals surface area contributed by atoms with E-state index in [2.05, 4.69) is 6.58 Å². The van der Waals surface area contributed by atoms with E-state index in [1.807, 2.05) is 24.3 Å². The lowest BCUT2D eigenvalue weighted by molar-refractivity contribution is 0.443. The molecular formula is C20H20O4Si. The number of phenols is 3. The van der Waals surface area contributed by atoms with Crippen molar-refractivity contribution in [1.29, 1.82) is 0 Å². The maximum Gasteiger partial charge on any atom is 0.255 e. The molecule has 0 radical (unpaired) electrons. The van der Waals surface area contributed by atoms with Gasteiger partial charge in [-0.15, -0.1) is 0 Å². The Bertz CT molecular complexity index is 788. The SMILES string of the molecule is C=Cc1ccccc1O.Oc1ccccc1O[SiH2]c1ccccc1O. The summed E-state index contributed by atoms with van der Waals surface area (Å²) in [5, 5.41) is 28.9. The van der Waals surface area contributed by atoms with E-state index in [0.29, 0.717) is 5.75 Å². The van der Waals surface area contributed by atoms with Gasteiger partial charge in [0.1, 0.15) is 17.2 Å². The second kappa shape index (κ2) is 9.20. The number of phenolic OH excluding ortho intramolecular Hbond substituents is 3. The molecule has 3 aromatic rings. The summed E-state index contributed by atoms with van der Waals surface area (Å²) in [6.07, 6.45) is 1.62. The van der Waals surface area contributed by atoms with Crippen LogP contribution in [-0.4, -0.2) is 25.1 Å². The van der Waals surface area contributed by atoms with Gasteiger partial charge in [0, 0.05) is 10.8 Å². The molecule has 4 nitrogen and oxygen atoms in total. The summed E-state index contributed by atoms with van der Waals surface area (Å²) in [6.45, 7) is 3.53. The van der Waals surface area contributed by atoms with E-state index in [1.54, 1.807) is 54.6 Å². The Hall–Kier alpha value is -3.18. The Morgan fingerprint density at radius 2 is 1.28 bits per heavy atom. The van der Waals surface area contributed by atoms with Gasteiger partial charge in [0.25, 0.3) is 9.76 Å². The number of rotatable bonds is 4. The maximum absolute atomic E-state index is 9.55. The minimum atomic E-state index is -1.07. The van der Waals surface area contributed by atoms with Gasteiger partial charge in [-0.3, -0.25) is 0 Å². The van der Waals surface area contributed by atoms with Crippen molar-refractivity contribution in [3.05, 3.63) is 84.9 Å². The van der Waals surface area contributed by atoms with Crippen molar-refractivity contribution in [2.45, 2.75) is 0 Å². The highest BCUT2D eigenvalue weighted by molar-refractivity contribution is 6.49. The molecule has 0 bridgehead atoms. The van der Waals surface area contributed by atoms with Gasteiger partial charge in [0.15, 0.2) is 5.75 Å². The molecule has 0 saturated carbocycles. The van der Waals surface area contributed by atoms with Crippen LogP contribution >= 0.6 is 0 Å². The highest BCUT2D eigenvalue weighted by Gasteiger charge is 2.04. The van der Waals surface area contributed by atoms with Crippen LogP contribution < -0.4 is 9.61 Å². The Morgan fingerprint density at radius 1 is 0.720 bits per heavy atom. The first-order valence-corrected chi connectivity index (χ1v) is 8.98. The van der Waals surface area contributed by atoms with Crippen molar-refractivity contribution in [2.24, 2.45) is 0 Å². The predicted octanol–water partition coefficient (Wildman–Crippen LogP) is 2.92. The van der Waals surface area contributed by atoms with Gasteiger partial charge in [-0.2, -0.15) is 0 Å². The summed E-state index contributed by atoms with van der Waals surface area (Å²) in [6, 6.07) is 21.0. The summed E-state index contributed by atoms with van der Waals surface area (Å²) in [7, 11) is -1.07. The lowest BCUT2D eigenvalue weighted by Crippen LogP contribution is -2.20. The largest absolute Gasteiger partial charge is 0.542 e. The van der Waals surface area contributed by atoms with Crippen molar-refractivity contribution >= 4 is 21.0 Å². The molecule has 3 rings (SSSR count). The fourth-order valence-electron chi connectivity index (χ4n) is 2.03. The zero-order valence-electron chi connectivity index (χ0n) is 13.7. The number of hydrogen-bond acceptors (Lipinski definition) is 4. The van der Waals surface area contributed by atoms with Crippen LogP contribution in [0.3, 0.4) is 0 Å². The molecule has 3 aromatic carbocycles. The first-order valence-electron chi connectivity index (χ1n) is 7.70. The fourth-order valence-corrected chi connectivity index (χ4v) is 3.08.